The number of hydrogen-bond donors (Lipinski definition) is 3. The number of carboxylic acids is 1. The van der Waals surface area contributed by atoms with Crippen molar-refractivity contribution in [2.24, 2.45) is 0 Å². The van der Waals surface area contributed by atoms with Gasteiger partial charge in [0.2, 0.25) is 5.88 Å². The molecular weight excluding hydrogens is 482 g/mol. The number of benzene rings is 3. The van der Waals surface area contributed by atoms with Crippen LogP contribution in [0.5, 0.6) is 28.9 Å². The van der Waals surface area contributed by atoms with Crippen LogP contribution in [-0.4, -0.2) is 35.4 Å². The van der Waals surface area contributed by atoms with Gasteiger partial charge in [-0.3, -0.25) is 9.78 Å². The first-order chi connectivity index (χ1) is 17.3. The van der Waals surface area contributed by atoms with Gasteiger partial charge in [0.25, 0.3) is 0 Å². The van der Waals surface area contributed by atoms with Crippen LogP contribution in [0, 0.1) is 0 Å². The highest BCUT2D eigenvalue weighted by Crippen LogP contribution is 2.29. The summed E-state index contributed by atoms with van der Waals surface area (Å²) in [4.78, 5) is 25.9. The van der Waals surface area contributed by atoms with Crippen LogP contribution < -0.4 is 19.1 Å². The van der Waals surface area contributed by atoms with E-state index in [1.54, 1.807) is 60.7 Å². The summed E-state index contributed by atoms with van der Waals surface area (Å²) >= 11 is 0.974. The van der Waals surface area contributed by atoms with Crippen molar-refractivity contribution < 1.29 is 29.2 Å². The Kier molecular flexibility index (Phi) is 7.41. The third-order valence-electron chi connectivity index (χ3n) is 5.30. The summed E-state index contributed by atoms with van der Waals surface area (Å²) in [5, 5.41) is 19.5. The maximum Gasteiger partial charge on any atom is 0.336 e. The van der Waals surface area contributed by atoms with E-state index in [1.807, 2.05) is 12.1 Å². The minimum atomic E-state index is -1.07. The van der Waals surface area contributed by atoms with Gasteiger partial charge in [0, 0.05) is 12.5 Å². The first kappa shape index (κ1) is 24.6. The number of thiazole rings is 1. The number of ether oxygens (including phenoxy) is 3. The molecule has 1 heterocycles. The monoisotopic (exact) mass is 505 g/mol. The number of aromatic nitrogens is 1. The van der Waals surface area contributed by atoms with E-state index < -0.39 is 5.97 Å². The van der Waals surface area contributed by atoms with Gasteiger partial charge >= 0.3 is 10.8 Å². The van der Waals surface area contributed by atoms with Gasteiger partial charge in [-0.15, -0.1) is 0 Å². The van der Waals surface area contributed by atoms with Crippen LogP contribution in [0.3, 0.4) is 0 Å². The maximum absolute atomic E-state index is 12.0. The molecule has 4 aromatic rings. The van der Waals surface area contributed by atoms with E-state index >= 15 is 0 Å². The molecule has 0 fully saturated rings. The fraction of sp³-hybridized carbons (Fsp3) is 0.111. The van der Waals surface area contributed by atoms with Crippen molar-refractivity contribution in [3.63, 3.8) is 0 Å². The van der Waals surface area contributed by atoms with Crippen LogP contribution in [0.1, 0.15) is 21.6 Å². The molecule has 36 heavy (non-hydrogen) atoms. The lowest BCUT2D eigenvalue weighted by Gasteiger charge is -2.09. The average Bonchev–Trinajstić information content (AvgIpc) is 3.20. The zero-order valence-corrected chi connectivity index (χ0v) is 20.3. The van der Waals surface area contributed by atoms with Crippen LogP contribution in [0.15, 0.2) is 71.5 Å². The summed E-state index contributed by atoms with van der Waals surface area (Å²) in [6.07, 6.45) is 1.98. The molecule has 0 aliphatic rings. The summed E-state index contributed by atoms with van der Waals surface area (Å²) in [6.45, 7) is 0. The van der Waals surface area contributed by atoms with E-state index in [0.29, 0.717) is 45.4 Å². The maximum atomic E-state index is 12.0. The Morgan fingerprint density at radius 3 is 2.00 bits per heavy atom. The molecular formula is C27H23NO7S. The first-order valence-electron chi connectivity index (χ1n) is 10.8. The summed E-state index contributed by atoms with van der Waals surface area (Å²) in [7, 11) is 3.06. The molecule has 3 N–H and O–H groups in total. The Labute approximate surface area is 210 Å². The van der Waals surface area contributed by atoms with E-state index in [9.17, 15) is 19.8 Å². The molecule has 0 aliphatic carbocycles. The number of carboxylic acid groups (broad SMARTS) is 1. The second kappa shape index (κ2) is 10.8. The smallest absolute Gasteiger partial charge is 0.336 e. The third kappa shape index (κ3) is 5.94. The zero-order chi connectivity index (χ0) is 25.7. The lowest BCUT2D eigenvalue weighted by molar-refractivity contribution is -0.130. The lowest BCUT2D eigenvalue weighted by Crippen LogP contribution is -2.00. The number of carbonyl (C=O) groups is 1. The van der Waals surface area contributed by atoms with Gasteiger partial charge in [0.05, 0.1) is 24.7 Å². The molecule has 8 nitrogen and oxygen atoms in total. The number of rotatable bonds is 9. The Morgan fingerprint density at radius 1 is 0.917 bits per heavy atom. The standard InChI is InChI=1S/C27H23NO7S/c1-33-21-11-17(12-22(15-21)34-2)13-23(26(30)31)18-5-9-20(10-6-18)35-19-7-3-16(4-8-19)14-24-25(29)28-27(32)36-24/h3-13,15,29H,14H2,1-2H3,(H,28,32)(H,30,31). The Balaban J connectivity index is 1.49. The minimum absolute atomic E-state index is 0.106. The van der Waals surface area contributed by atoms with Crippen molar-refractivity contribution in [3.8, 4) is 28.9 Å². The molecule has 3 aromatic carbocycles. The largest absolute Gasteiger partial charge is 0.497 e. The molecule has 1 aromatic heterocycles. The number of aromatic amines is 1. The Bertz CT molecular complexity index is 1430. The molecule has 0 spiro atoms. The number of aliphatic carboxylic acids is 1. The summed E-state index contributed by atoms with van der Waals surface area (Å²) in [6, 6.07) is 19.2. The van der Waals surface area contributed by atoms with Gasteiger partial charge in [-0.2, -0.15) is 0 Å². The molecule has 9 heteroatoms. The van der Waals surface area contributed by atoms with Gasteiger partial charge in [-0.1, -0.05) is 35.6 Å². The fourth-order valence-corrected chi connectivity index (χ4v) is 4.28. The Hall–Kier alpha value is -4.50. The van der Waals surface area contributed by atoms with Gasteiger partial charge in [-0.25, -0.2) is 4.79 Å². The summed E-state index contributed by atoms with van der Waals surface area (Å²) in [5.74, 6) is 1.07. The third-order valence-corrected chi connectivity index (χ3v) is 6.18. The van der Waals surface area contributed by atoms with Gasteiger partial charge in [0.15, 0.2) is 0 Å². The number of methoxy groups -OCH3 is 2. The van der Waals surface area contributed by atoms with Gasteiger partial charge < -0.3 is 24.4 Å². The minimum Gasteiger partial charge on any atom is -0.497 e. The van der Waals surface area contributed by atoms with Crippen LogP contribution in [-0.2, 0) is 11.2 Å². The van der Waals surface area contributed by atoms with Gasteiger partial charge in [0.1, 0.15) is 23.0 Å². The lowest BCUT2D eigenvalue weighted by atomic mass is 10.0. The predicted octanol–water partition coefficient (Wildman–Crippen LogP) is 5.17. The van der Waals surface area contributed by atoms with Crippen molar-refractivity contribution in [1.29, 1.82) is 0 Å². The number of H-pyrrole nitrogens is 1. The first-order valence-corrected chi connectivity index (χ1v) is 11.6. The topological polar surface area (TPSA) is 118 Å². The molecule has 0 bridgehead atoms. The van der Waals surface area contributed by atoms with Crippen molar-refractivity contribution in [2.75, 3.05) is 14.2 Å². The molecule has 0 unspecified atom stereocenters. The van der Waals surface area contributed by atoms with Crippen LogP contribution in [0.4, 0.5) is 0 Å². The van der Waals surface area contributed by atoms with Crippen molar-refractivity contribution in [2.45, 2.75) is 6.42 Å². The van der Waals surface area contributed by atoms with Crippen molar-refractivity contribution >= 4 is 29.0 Å². The second-order valence-corrected chi connectivity index (χ2v) is 8.81. The molecule has 0 aliphatic heterocycles. The molecule has 0 saturated heterocycles. The molecule has 0 amide bonds. The molecule has 184 valence electrons. The number of aromatic hydroxyl groups is 1. The van der Waals surface area contributed by atoms with Crippen molar-refractivity contribution in [3.05, 3.63) is 98.0 Å². The number of hydrogen-bond acceptors (Lipinski definition) is 7. The van der Waals surface area contributed by atoms with E-state index in [-0.39, 0.29) is 16.3 Å². The predicted molar refractivity (Wildman–Crippen MR) is 137 cm³/mol. The molecule has 0 radical (unpaired) electrons. The number of nitrogens with one attached hydrogen (secondary N) is 1. The van der Waals surface area contributed by atoms with E-state index in [2.05, 4.69) is 4.98 Å². The Morgan fingerprint density at radius 2 is 1.50 bits per heavy atom. The van der Waals surface area contributed by atoms with Crippen molar-refractivity contribution in [1.82, 2.24) is 4.98 Å². The quantitative estimate of drug-likeness (QED) is 0.212. The molecule has 0 saturated carbocycles. The average molecular weight is 506 g/mol. The molecule has 4 rings (SSSR count). The molecule has 0 atom stereocenters. The summed E-state index contributed by atoms with van der Waals surface area (Å²) in [5.41, 5.74) is 2.16. The second-order valence-electron chi connectivity index (χ2n) is 7.74. The normalized spacial score (nSPS) is 11.2. The highest BCUT2D eigenvalue weighted by Gasteiger charge is 2.13. The van der Waals surface area contributed by atoms with Gasteiger partial charge in [-0.05, 0) is 59.2 Å². The zero-order valence-electron chi connectivity index (χ0n) is 19.5. The summed E-state index contributed by atoms with van der Waals surface area (Å²) < 4.78 is 16.4. The highest BCUT2D eigenvalue weighted by molar-refractivity contribution is 7.09. The van der Waals surface area contributed by atoms with Crippen LogP contribution >= 0.6 is 11.3 Å². The SMILES string of the molecule is COc1cc(C=C(C(=O)O)c2ccc(Oc3ccc(Cc4sc(=O)[nH]c4O)cc3)cc2)cc(OC)c1. The fourth-order valence-electron chi connectivity index (χ4n) is 3.52. The van der Waals surface area contributed by atoms with Crippen LogP contribution in [0.2, 0.25) is 0 Å². The van der Waals surface area contributed by atoms with Crippen LogP contribution in [0.25, 0.3) is 11.6 Å². The highest BCUT2D eigenvalue weighted by atomic mass is 32.1. The van der Waals surface area contributed by atoms with E-state index in [1.165, 1.54) is 14.2 Å². The van der Waals surface area contributed by atoms with E-state index in [4.69, 9.17) is 14.2 Å². The van der Waals surface area contributed by atoms with E-state index in [0.717, 1.165) is 16.9 Å².